The Bertz CT molecular complexity index is 373. The third-order valence-electron chi connectivity index (χ3n) is 2.55. The average molecular weight is 309 g/mol. The molecule has 122 valence electrons. The zero-order chi connectivity index (χ0) is 16.6. The Morgan fingerprint density at radius 1 is 1.00 bits per heavy atom. The summed E-state index contributed by atoms with van der Waals surface area (Å²) in [6.07, 6.45) is -8.97. The summed E-state index contributed by atoms with van der Waals surface area (Å²) in [6.45, 7) is -1.19. The molecule has 0 saturated carbocycles. The highest BCUT2D eigenvalue weighted by molar-refractivity contribution is 5.90. The number of ketones is 1. The standard InChI is InChI=1S/C11H19NO9/c12-3-5(14)1-2-7(16)21-11(20)10(19)9(18)8(17)6(15)4-13/h6,8-10,13,15,17-19H,1-4,12H2/t6-,8-,9+,10-/m1/s1. The van der Waals surface area contributed by atoms with Gasteiger partial charge in [0.15, 0.2) is 6.10 Å². The molecule has 0 radical (unpaired) electrons. The minimum atomic E-state index is -2.31. The number of aliphatic hydroxyl groups excluding tert-OH is 5. The Hall–Kier alpha value is -1.43. The van der Waals surface area contributed by atoms with E-state index in [2.05, 4.69) is 4.74 Å². The Labute approximate surface area is 119 Å². The Morgan fingerprint density at radius 2 is 1.57 bits per heavy atom. The van der Waals surface area contributed by atoms with E-state index in [-0.39, 0.29) is 13.0 Å². The molecule has 0 fully saturated rings. The van der Waals surface area contributed by atoms with Gasteiger partial charge in [-0.25, -0.2) is 4.79 Å². The lowest BCUT2D eigenvalue weighted by atomic mass is 10.0. The normalized spacial score (nSPS) is 16.7. The van der Waals surface area contributed by atoms with Crippen LogP contribution in [0.1, 0.15) is 12.8 Å². The summed E-state index contributed by atoms with van der Waals surface area (Å²) in [5, 5.41) is 45.6. The summed E-state index contributed by atoms with van der Waals surface area (Å²) >= 11 is 0. The third kappa shape index (κ3) is 6.71. The fourth-order valence-corrected chi connectivity index (χ4v) is 1.23. The number of nitrogens with two attached hydrogens (primary N) is 1. The van der Waals surface area contributed by atoms with Crippen molar-refractivity contribution in [1.82, 2.24) is 0 Å². The highest BCUT2D eigenvalue weighted by atomic mass is 16.6. The molecule has 0 heterocycles. The zero-order valence-corrected chi connectivity index (χ0v) is 11.1. The molecule has 0 amide bonds. The summed E-state index contributed by atoms with van der Waals surface area (Å²) in [4.78, 5) is 33.3. The molecule has 0 rings (SSSR count). The van der Waals surface area contributed by atoms with Crippen molar-refractivity contribution < 1.29 is 44.7 Å². The molecule has 21 heavy (non-hydrogen) atoms. The van der Waals surface area contributed by atoms with Gasteiger partial charge in [0.05, 0.1) is 19.6 Å². The first kappa shape index (κ1) is 19.6. The van der Waals surface area contributed by atoms with Crippen LogP contribution in [0.15, 0.2) is 0 Å². The molecule has 4 atom stereocenters. The predicted octanol–water partition coefficient (Wildman–Crippen LogP) is -4.20. The molecule has 0 saturated heterocycles. The molecule has 0 spiro atoms. The maximum Gasteiger partial charge on any atom is 0.345 e. The van der Waals surface area contributed by atoms with Crippen LogP contribution in [0, 0.1) is 0 Å². The van der Waals surface area contributed by atoms with Crippen molar-refractivity contribution in [3.63, 3.8) is 0 Å². The van der Waals surface area contributed by atoms with Crippen LogP contribution < -0.4 is 5.73 Å². The van der Waals surface area contributed by atoms with Crippen LogP contribution in [0.2, 0.25) is 0 Å². The van der Waals surface area contributed by atoms with E-state index in [1.54, 1.807) is 0 Å². The average Bonchev–Trinajstić information content (AvgIpc) is 2.49. The minimum absolute atomic E-state index is 0.243. The first-order valence-corrected chi connectivity index (χ1v) is 6.04. The number of carbonyl (C=O) groups excluding carboxylic acids is 3. The summed E-state index contributed by atoms with van der Waals surface area (Å²) in [7, 11) is 0. The molecule has 10 nitrogen and oxygen atoms in total. The second kappa shape index (κ2) is 9.50. The van der Waals surface area contributed by atoms with Gasteiger partial charge < -0.3 is 36.0 Å². The highest BCUT2D eigenvalue weighted by Crippen LogP contribution is 2.07. The number of hydrogen-bond acceptors (Lipinski definition) is 10. The summed E-state index contributed by atoms with van der Waals surface area (Å²) < 4.78 is 4.16. The van der Waals surface area contributed by atoms with Crippen molar-refractivity contribution in [3.8, 4) is 0 Å². The number of carbonyl (C=O) groups is 3. The van der Waals surface area contributed by atoms with Gasteiger partial charge in [0, 0.05) is 6.42 Å². The molecular weight excluding hydrogens is 290 g/mol. The largest absolute Gasteiger partial charge is 0.394 e. The molecule has 0 aliphatic carbocycles. The number of hydrogen-bond donors (Lipinski definition) is 6. The van der Waals surface area contributed by atoms with E-state index in [0.717, 1.165) is 0 Å². The second-order valence-corrected chi connectivity index (χ2v) is 4.21. The fourth-order valence-electron chi connectivity index (χ4n) is 1.23. The van der Waals surface area contributed by atoms with E-state index >= 15 is 0 Å². The van der Waals surface area contributed by atoms with Gasteiger partial charge in [-0.15, -0.1) is 0 Å². The summed E-state index contributed by atoms with van der Waals surface area (Å²) in [5.74, 6) is -3.11. The van der Waals surface area contributed by atoms with Crippen molar-refractivity contribution in [2.45, 2.75) is 37.3 Å². The fraction of sp³-hybridized carbons (Fsp3) is 0.727. The van der Waals surface area contributed by atoms with E-state index in [1.807, 2.05) is 0 Å². The molecule has 0 aliphatic rings. The first-order chi connectivity index (χ1) is 9.74. The SMILES string of the molecule is NCC(=O)CCC(=O)OC(=O)[C@H](O)[C@@H](O)[C@H](O)[C@H](O)CO. The quantitative estimate of drug-likeness (QED) is 0.180. The number of ether oxygens (including phenoxy) is 1. The van der Waals surface area contributed by atoms with Gasteiger partial charge in [-0.05, 0) is 0 Å². The van der Waals surface area contributed by atoms with Gasteiger partial charge in [0.2, 0.25) is 0 Å². The van der Waals surface area contributed by atoms with Crippen molar-refractivity contribution >= 4 is 17.7 Å². The molecule has 7 N–H and O–H groups in total. The third-order valence-corrected chi connectivity index (χ3v) is 2.55. The van der Waals surface area contributed by atoms with Crippen molar-refractivity contribution in [2.24, 2.45) is 5.73 Å². The molecule has 0 aliphatic heterocycles. The van der Waals surface area contributed by atoms with E-state index in [1.165, 1.54) is 0 Å². The van der Waals surface area contributed by atoms with Gasteiger partial charge in [0.1, 0.15) is 24.1 Å². The van der Waals surface area contributed by atoms with E-state index in [0.29, 0.717) is 0 Å². The highest BCUT2D eigenvalue weighted by Gasteiger charge is 2.36. The first-order valence-electron chi connectivity index (χ1n) is 6.04. The molecule has 0 aromatic carbocycles. The maximum atomic E-state index is 11.3. The van der Waals surface area contributed by atoms with Crippen LogP contribution in [0.25, 0.3) is 0 Å². The van der Waals surface area contributed by atoms with Gasteiger partial charge >= 0.3 is 11.9 Å². The van der Waals surface area contributed by atoms with Gasteiger partial charge in [0.25, 0.3) is 0 Å². The van der Waals surface area contributed by atoms with Crippen LogP contribution >= 0.6 is 0 Å². The van der Waals surface area contributed by atoms with Gasteiger partial charge in [-0.2, -0.15) is 0 Å². The lowest BCUT2D eigenvalue weighted by Crippen LogP contribution is -2.49. The Balaban J connectivity index is 4.38. The number of Topliss-reactive ketones (excluding diaryl/α,β-unsaturated/α-hetero) is 1. The van der Waals surface area contributed by atoms with Crippen LogP contribution in [-0.4, -0.2) is 80.8 Å². The molecule has 0 aromatic heterocycles. The topological polar surface area (TPSA) is 188 Å². The molecule has 0 unspecified atom stereocenters. The number of rotatable bonds is 9. The van der Waals surface area contributed by atoms with Crippen LogP contribution in [0.3, 0.4) is 0 Å². The molecule has 10 heteroatoms. The Kier molecular flexibility index (Phi) is 8.85. The summed E-state index contributed by atoms with van der Waals surface area (Å²) in [5.41, 5.74) is 5.01. The van der Waals surface area contributed by atoms with Gasteiger partial charge in [-0.3, -0.25) is 9.59 Å². The van der Waals surface area contributed by atoms with E-state index < -0.39 is 55.2 Å². The lowest BCUT2D eigenvalue weighted by molar-refractivity contribution is -0.177. The molecular formula is C11H19NO9. The molecule has 0 bridgehead atoms. The predicted molar refractivity (Wildman–Crippen MR) is 65.5 cm³/mol. The summed E-state index contributed by atoms with van der Waals surface area (Å²) in [6, 6.07) is 0. The van der Waals surface area contributed by atoms with Crippen LogP contribution in [-0.2, 0) is 19.1 Å². The van der Waals surface area contributed by atoms with Crippen LogP contribution in [0.4, 0.5) is 0 Å². The monoisotopic (exact) mass is 309 g/mol. The van der Waals surface area contributed by atoms with Crippen LogP contribution in [0.5, 0.6) is 0 Å². The Morgan fingerprint density at radius 3 is 2.05 bits per heavy atom. The maximum absolute atomic E-state index is 11.3. The lowest BCUT2D eigenvalue weighted by Gasteiger charge is -2.24. The molecule has 0 aromatic rings. The minimum Gasteiger partial charge on any atom is -0.394 e. The van der Waals surface area contributed by atoms with E-state index in [9.17, 15) is 29.7 Å². The van der Waals surface area contributed by atoms with Crippen molar-refractivity contribution in [1.29, 1.82) is 0 Å². The zero-order valence-electron chi connectivity index (χ0n) is 11.1. The van der Waals surface area contributed by atoms with E-state index in [4.69, 9.17) is 15.9 Å². The van der Waals surface area contributed by atoms with Crippen molar-refractivity contribution in [3.05, 3.63) is 0 Å². The number of aliphatic hydroxyl groups is 5. The number of esters is 2. The van der Waals surface area contributed by atoms with Gasteiger partial charge in [-0.1, -0.05) is 0 Å². The smallest absolute Gasteiger partial charge is 0.345 e. The van der Waals surface area contributed by atoms with Crippen molar-refractivity contribution in [2.75, 3.05) is 13.2 Å². The second-order valence-electron chi connectivity index (χ2n) is 4.21.